The van der Waals surface area contributed by atoms with E-state index in [0.29, 0.717) is 23.3 Å². The monoisotopic (exact) mass is 1940 g/mol. The molecule has 0 bridgehead atoms. The van der Waals surface area contributed by atoms with E-state index in [0.717, 1.165) is 18.2 Å². The van der Waals surface area contributed by atoms with Crippen LogP contribution in [0.5, 0.6) is 0 Å². The molecule has 3 N–H and O–H groups in total. The quantitative estimate of drug-likeness (QED) is 0.0179. The van der Waals surface area contributed by atoms with Crippen LogP contribution in [-0.2, 0) is 176 Å². The van der Waals surface area contributed by atoms with E-state index in [-0.39, 0.29) is 263 Å². The Morgan fingerprint density at radius 3 is 0.579 bits per heavy atom. The van der Waals surface area contributed by atoms with Crippen molar-refractivity contribution in [2.24, 2.45) is 16.2 Å². The largest absolute Gasteiger partial charge is 0.755 e. The minimum absolute atomic E-state index is 0.00303. The zero-order valence-corrected chi connectivity index (χ0v) is 78.0. The first-order valence-corrected chi connectivity index (χ1v) is 43.9. The second-order valence-electron chi connectivity index (χ2n) is 28.3. The lowest BCUT2D eigenvalue weighted by Crippen LogP contribution is -2.43. The topological polar surface area (TPSA) is 547 Å². The lowest BCUT2D eigenvalue weighted by molar-refractivity contribution is -0.147. The van der Waals surface area contributed by atoms with E-state index in [9.17, 15) is 79.0 Å². The molecule has 3 atom stereocenters. The summed E-state index contributed by atoms with van der Waals surface area (Å²) in [5.41, 5.74) is 0.350. The fourth-order valence-corrected chi connectivity index (χ4v) is 10.6. The van der Waals surface area contributed by atoms with Gasteiger partial charge in [0.15, 0.2) is 0 Å². The van der Waals surface area contributed by atoms with Gasteiger partial charge in [-0.25, -0.2) is 52.7 Å². The summed E-state index contributed by atoms with van der Waals surface area (Å²) in [5.74, 6) is -6.37. The molecule has 0 aliphatic heterocycles. The van der Waals surface area contributed by atoms with Crippen LogP contribution in [0.2, 0.25) is 0 Å². The maximum absolute atomic E-state index is 12.4. The van der Waals surface area contributed by atoms with E-state index in [1.165, 1.54) is 93.6 Å². The average molecular weight is 1940 g/mol. The molecule has 0 radical (unpaired) electrons. The zero-order chi connectivity index (χ0) is 99.3. The van der Waals surface area contributed by atoms with Crippen molar-refractivity contribution in [3.8, 4) is 0 Å². The zero-order valence-electron chi connectivity index (χ0n) is 75.5. The van der Waals surface area contributed by atoms with Crippen LogP contribution in [0.25, 0.3) is 0 Å². The molecule has 133 heavy (non-hydrogen) atoms. The fourth-order valence-electron chi connectivity index (χ4n) is 9.61. The molecule has 3 aromatic rings. The molecule has 0 amide bonds. The van der Waals surface area contributed by atoms with Gasteiger partial charge in [0, 0.05) is 102 Å². The van der Waals surface area contributed by atoms with Crippen LogP contribution in [0.3, 0.4) is 0 Å². The second-order valence-corrected chi connectivity index (χ2v) is 30.3. The summed E-state index contributed by atoms with van der Waals surface area (Å²) in [6.45, 7) is 38.1. The number of ether oxygens (including phenoxy) is 22. The number of esters is 11. The summed E-state index contributed by atoms with van der Waals surface area (Å²) in [5, 5.41) is 0. The smallest absolute Gasteiger partial charge is 0.338 e. The molecule has 3 aromatic carbocycles. The van der Waals surface area contributed by atoms with Crippen molar-refractivity contribution in [1.29, 1.82) is 0 Å². The van der Waals surface area contributed by atoms with Gasteiger partial charge in [0.05, 0.1) is 173 Å². The van der Waals surface area contributed by atoms with Crippen molar-refractivity contribution in [3.05, 3.63) is 188 Å². The van der Waals surface area contributed by atoms with Crippen molar-refractivity contribution in [2.45, 2.75) is 48.0 Å². The predicted molar refractivity (Wildman–Crippen MR) is 477 cm³/mol. The maximum atomic E-state index is 12.4. The lowest BCUT2D eigenvalue weighted by Gasteiger charge is -2.33. The SMILES string of the molecule is C=C(C)C(=O)OCCOCC(CC)(COCCOC(=O)C(=C)C)COCCOC(=O)c1ccc(NS(=O)[O-])cc1.C=C(C)C(=O)OCCOCC(COCCOC(=O)C(=C)C)(COCCOC(=O)C(=C)C)COCCOC(=O)c1ccc(NS(=O)[O-])cc1.C=CC(=O)OCCOCC(COCCOC(=O)C=C)(COCCOC(=O)C=C)COCCOC(=O)c1ccc(NS(=O)[O-])cc1. The molecule has 3 rings (SSSR count). The number of benzene rings is 3. The highest BCUT2D eigenvalue weighted by atomic mass is 32.2. The molecule has 0 saturated heterocycles. The van der Waals surface area contributed by atoms with E-state index >= 15 is 0 Å². The van der Waals surface area contributed by atoms with Crippen LogP contribution in [0.15, 0.2) is 172 Å². The van der Waals surface area contributed by atoms with Crippen LogP contribution in [0.4, 0.5) is 17.1 Å². The fraction of sp³-hybridized carbons (Fsp3) is 0.489. The highest BCUT2D eigenvalue weighted by molar-refractivity contribution is 7.81. The molecule has 742 valence electrons. The predicted octanol–water partition coefficient (Wildman–Crippen LogP) is 6.48. The standard InChI is InChI=1S/C32H45NO14S.C29H39NO14S.C27H39NO11S/c1-23(2)28(34)44-15-11-40-19-32(20-41-12-16-45-29(35)24(3)4,21-42-13-17-46-30(36)25(5)6)22-43-14-18-47-31(37)26-7-9-27(10-8-26)33-48(38)39;1-4-25(31)41-15-11-37-19-29(20-38-12-16-42-26(32)5-2,21-39-13-17-43-27(33)6-3)22-40-14-18-44-28(34)23-7-9-24(10-8-23)30-45(35)36;1-6-27(17-34-11-14-37-24(29)20(2)3,18-35-12-15-38-25(30)21(4)5)19-36-13-16-39-26(31)22-7-9-23(10-8-22)28-40(32)33/h7-10,33H,1,3,5,11-22H2,2,4,6H3,(H,38,39);4-10,30H,1-3,11-22H2,(H,35,36);7-10,28H,2,4,6,11-19H2,1,3,5H3,(H,32,33)/p-3. The summed E-state index contributed by atoms with van der Waals surface area (Å²) in [6, 6.07) is 17.0. The molecular formula is C88H120N3O39S3-3. The Morgan fingerprint density at radius 1 is 0.271 bits per heavy atom. The Labute approximate surface area is 780 Å². The molecule has 0 spiro atoms. The molecule has 0 aliphatic rings. The summed E-state index contributed by atoms with van der Waals surface area (Å²) < 4.78 is 190. The highest BCUT2D eigenvalue weighted by Gasteiger charge is 2.35. The van der Waals surface area contributed by atoms with Crippen LogP contribution >= 0.6 is 0 Å². The van der Waals surface area contributed by atoms with E-state index in [1.807, 2.05) is 6.92 Å². The van der Waals surface area contributed by atoms with Gasteiger partial charge in [-0.2, -0.15) is 0 Å². The Bertz CT molecular complexity index is 4040. The number of hydrogen-bond acceptors (Lipinski definition) is 39. The third-order valence-corrected chi connectivity index (χ3v) is 17.8. The molecule has 0 heterocycles. The minimum Gasteiger partial charge on any atom is -0.755 e. The number of anilines is 3. The van der Waals surface area contributed by atoms with Gasteiger partial charge in [-0.1, -0.05) is 59.6 Å². The molecule has 0 fully saturated rings. The number of carbonyl (C=O) groups excluding carboxylic acids is 11. The Hall–Kier alpha value is -11.0. The third kappa shape index (κ3) is 58.6. The number of hydrogen-bond donors (Lipinski definition) is 3. The van der Waals surface area contributed by atoms with Gasteiger partial charge in [-0.3, -0.25) is 12.6 Å². The molecule has 0 saturated carbocycles. The summed E-state index contributed by atoms with van der Waals surface area (Å²) >= 11 is -7.46. The Kier molecular flexibility index (Phi) is 64.7. The summed E-state index contributed by atoms with van der Waals surface area (Å²) in [4.78, 5) is 129. The molecule has 3 unspecified atom stereocenters. The third-order valence-electron chi connectivity index (χ3n) is 16.6. The van der Waals surface area contributed by atoms with Crippen LogP contribution in [-0.4, -0.2) is 310 Å². The van der Waals surface area contributed by atoms with E-state index in [2.05, 4.69) is 66.8 Å². The maximum Gasteiger partial charge on any atom is 0.338 e. The van der Waals surface area contributed by atoms with Crippen LogP contribution in [0.1, 0.15) is 79.0 Å². The van der Waals surface area contributed by atoms with Crippen molar-refractivity contribution in [1.82, 2.24) is 0 Å². The van der Waals surface area contributed by atoms with Gasteiger partial charge < -0.3 is 132 Å². The first-order valence-electron chi connectivity index (χ1n) is 40.7. The lowest BCUT2D eigenvalue weighted by atomic mass is 9.88. The van der Waals surface area contributed by atoms with Crippen molar-refractivity contribution in [2.75, 3.05) is 232 Å². The van der Waals surface area contributed by atoms with Gasteiger partial charge >= 0.3 is 65.7 Å². The molecule has 0 aliphatic carbocycles. The molecule has 42 nitrogen and oxygen atoms in total. The first kappa shape index (κ1) is 120. The Balaban J connectivity index is 0.00000100. The second kappa shape index (κ2) is 71.6. The number of nitrogens with one attached hydrogen (secondary N) is 3. The van der Waals surface area contributed by atoms with Gasteiger partial charge in [0.2, 0.25) is 0 Å². The average Bonchev–Trinajstić information content (AvgIpc) is 0.893. The molecular weight excluding hydrogens is 1820 g/mol. The Morgan fingerprint density at radius 2 is 0.429 bits per heavy atom. The highest BCUT2D eigenvalue weighted by Crippen LogP contribution is 2.26. The van der Waals surface area contributed by atoms with Gasteiger partial charge in [0.25, 0.3) is 0 Å². The summed E-state index contributed by atoms with van der Waals surface area (Å²) in [6.07, 6.45) is 3.68. The first-order chi connectivity index (χ1) is 63.4. The van der Waals surface area contributed by atoms with Crippen molar-refractivity contribution in [3.63, 3.8) is 0 Å². The normalized spacial score (nSPS) is 11.6. The van der Waals surface area contributed by atoms with Gasteiger partial charge in [-0.05, 0) is 114 Å². The number of rotatable bonds is 73. The minimum atomic E-state index is -2.50. The molecule has 0 aromatic heterocycles. The van der Waals surface area contributed by atoms with E-state index in [4.69, 9.17) is 104 Å². The van der Waals surface area contributed by atoms with Crippen LogP contribution < -0.4 is 14.2 Å². The van der Waals surface area contributed by atoms with E-state index in [1.54, 1.807) is 13.8 Å². The van der Waals surface area contributed by atoms with Gasteiger partial charge in [0.1, 0.15) is 72.7 Å². The van der Waals surface area contributed by atoms with Crippen LogP contribution in [0, 0.1) is 16.2 Å². The van der Waals surface area contributed by atoms with Crippen molar-refractivity contribution < 1.29 is 183 Å². The van der Waals surface area contributed by atoms with Crippen molar-refractivity contribution >= 4 is 117 Å². The summed E-state index contributed by atoms with van der Waals surface area (Å²) in [7, 11) is 0. The molecule has 45 heteroatoms. The van der Waals surface area contributed by atoms with E-state index < -0.39 is 116 Å². The number of carbonyl (C=O) groups is 11. The van der Waals surface area contributed by atoms with Gasteiger partial charge in [-0.15, -0.1) is 0 Å².